The van der Waals surface area contributed by atoms with Gasteiger partial charge >= 0.3 is 0 Å². The van der Waals surface area contributed by atoms with Crippen LogP contribution in [0.4, 0.5) is 13.2 Å². The molecule has 0 aliphatic heterocycles. The van der Waals surface area contributed by atoms with Gasteiger partial charge in [0.15, 0.2) is 0 Å². The van der Waals surface area contributed by atoms with Gasteiger partial charge in [-0.25, -0.2) is 13.2 Å². The first-order chi connectivity index (χ1) is 10.8. The van der Waals surface area contributed by atoms with Crippen LogP contribution in [0.2, 0.25) is 0 Å². The van der Waals surface area contributed by atoms with Crippen LogP contribution in [0.15, 0.2) is 42.2 Å². The second kappa shape index (κ2) is 6.06. The highest BCUT2D eigenvalue weighted by atomic mass is 35.5. The first-order valence-corrected chi connectivity index (χ1v) is 7.99. The molecule has 1 nitrogen and oxygen atoms in total. The van der Waals surface area contributed by atoms with Crippen LogP contribution < -0.4 is 0 Å². The van der Waals surface area contributed by atoms with E-state index in [2.05, 4.69) is 0 Å². The molecule has 1 saturated carbocycles. The third-order valence-corrected chi connectivity index (χ3v) is 5.43. The maximum Gasteiger partial charge on any atom is 0.263 e. The van der Waals surface area contributed by atoms with E-state index < -0.39 is 16.6 Å². The summed E-state index contributed by atoms with van der Waals surface area (Å²) in [6.07, 6.45) is 3.68. The summed E-state index contributed by atoms with van der Waals surface area (Å²) in [6.45, 7) is 0. The minimum Gasteiger partial charge on any atom is -0.497 e. The standard InChI is InChI=1S/C17H15Cl2F3O/c1-23-13-4-2-9(3-5-13)14-15(17(14,18)19)10-6-11(16(21)22)8-12(20)7-10/h2,4-9,14-16H,3H2,1H3. The summed E-state index contributed by atoms with van der Waals surface area (Å²) in [6, 6.07) is 3.36. The van der Waals surface area contributed by atoms with Crippen molar-refractivity contribution < 1.29 is 17.9 Å². The van der Waals surface area contributed by atoms with Crippen molar-refractivity contribution in [2.75, 3.05) is 7.11 Å². The smallest absolute Gasteiger partial charge is 0.263 e. The van der Waals surface area contributed by atoms with Gasteiger partial charge in [-0.2, -0.15) is 0 Å². The van der Waals surface area contributed by atoms with Gasteiger partial charge in [-0.05, 0) is 48.3 Å². The highest BCUT2D eigenvalue weighted by Gasteiger charge is 2.65. The van der Waals surface area contributed by atoms with Crippen LogP contribution in [0.3, 0.4) is 0 Å². The van der Waals surface area contributed by atoms with Gasteiger partial charge in [-0.15, -0.1) is 23.2 Å². The Morgan fingerprint density at radius 2 is 2.00 bits per heavy atom. The van der Waals surface area contributed by atoms with Crippen LogP contribution in [0.25, 0.3) is 0 Å². The first-order valence-electron chi connectivity index (χ1n) is 7.23. The number of alkyl halides is 4. The molecule has 3 atom stereocenters. The Bertz CT molecular complexity index is 670. The van der Waals surface area contributed by atoms with Crippen molar-refractivity contribution >= 4 is 23.2 Å². The van der Waals surface area contributed by atoms with E-state index in [4.69, 9.17) is 27.9 Å². The fraction of sp³-hybridized carbons (Fsp3) is 0.412. The SMILES string of the molecule is COC1=CCC(C2C(c3cc(F)cc(C(F)F)c3)C2(Cl)Cl)C=C1. The number of hydrogen-bond acceptors (Lipinski definition) is 1. The number of benzene rings is 1. The lowest BCUT2D eigenvalue weighted by Gasteiger charge is -2.16. The molecule has 2 aliphatic rings. The van der Waals surface area contributed by atoms with E-state index in [1.165, 1.54) is 12.1 Å². The molecular formula is C17H15Cl2F3O. The second-order valence-corrected chi connectivity index (χ2v) is 7.31. The van der Waals surface area contributed by atoms with Gasteiger partial charge in [0.2, 0.25) is 0 Å². The predicted molar refractivity (Wildman–Crippen MR) is 84.4 cm³/mol. The van der Waals surface area contributed by atoms with Crippen LogP contribution in [0, 0.1) is 17.7 Å². The van der Waals surface area contributed by atoms with E-state index in [-0.39, 0.29) is 23.3 Å². The van der Waals surface area contributed by atoms with Crippen LogP contribution in [-0.2, 0) is 4.74 Å². The molecule has 0 radical (unpaired) electrons. The van der Waals surface area contributed by atoms with Crippen molar-refractivity contribution in [2.45, 2.75) is 23.1 Å². The Kier molecular flexibility index (Phi) is 4.41. The molecule has 0 spiro atoms. The molecular weight excluding hydrogens is 348 g/mol. The maximum absolute atomic E-state index is 13.6. The molecule has 0 saturated heterocycles. The Morgan fingerprint density at radius 1 is 1.26 bits per heavy atom. The largest absolute Gasteiger partial charge is 0.497 e. The van der Waals surface area contributed by atoms with E-state index in [0.717, 1.165) is 11.8 Å². The molecule has 0 heterocycles. The topological polar surface area (TPSA) is 9.23 Å². The average molecular weight is 363 g/mol. The van der Waals surface area contributed by atoms with Crippen molar-refractivity contribution in [1.82, 2.24) is 0 Å². The zero-order valence-electron chi connectivity index (χ0n) is 12.3. The summed E-state index contributed by atoms with van der Waals surface area (Å²) in [7, 11) is 1.59. The van der Waals surface area contributed by atoms with Gasteiger partial charge in [0, 0.05) is 17.4 Å². The van der Waals surface area contributed by atoms with Crippen molar-refractivity contribution in [3.63, 3.8) is 0 Å². The zero-order valence-corrected chi connectivity index (χ0v) is 13.8. The highest BCUT2D eigenvalue weighted by Crippen LogP contribution is 2.68. The summed E-state index contributed by atoms with van der Waals surface area (Å²) in [5.74, 6) is -0.394. The number of ether oxygens (including phenoxy) is 1. The van der Waals surface area contributed by atoms with Gasteiger partial charge in [0.05, 0.1) is 7.11 Å². The number of allylic oxidation sites excluding steroid dienone is 3. The molecule has 0 aromatic heterocycles. The summed E-state index contributed by atoms with van der Waals surface area (Å²) in [5.41, 5.74) is 0.0701. The lowest BCUT2D eigenvalue weighted by Crippen LogP contribution is -2.07. The van der Waals surface area contributed by atoms with E-state index in [1.54, 1.807) is 7.11 Å². The fourth-order valence-electron chi connectivity index (χ4n) is 3.29. The van der Waals surface area contributed by atoms with E-state index in [1.807, 2.05) is 18.2 Å². The maximum atomic E-state index is 13.6. The molecule has 23 heavy (non-hydrogen) atoms. The van der Waals surface area contributed by atoms with E-state index >= 15 is 0 Å². The Morgan fingerprint density at radius 3 is 2.57 bits per heavy atom. The fourth-order valence-corrected chi connectivity index (χ4v) is 4.26. The number of halogens is 5. The van der Waals surface area contributed by atoms with Crippen molar-refractivity contribution in [1.29, 1.82) is 0 Å². The molecule has 0 amide bonds. The van der Waals surface area contributed by atoms with Gasteiger partial charge in [-0.3, -0.25) is 0 Å². The highest BCUT2D eigenvalue weighted by molar-refractivity contribution is 6.52. The molecule has 3 rings (SSSR count). The van der Waals surface area contributed by atoms with E-state index in [0.29, 0.717) is 12.0 Å². The minimum absolute atomic E-state index is 0.0622. The lowest BCUT2D eigenvalue weighted by atomic mass is 9.92. The molecule has 0 bridgehead atoms. The van der Waals surface area contributed by atoms with E-state index in [9.17, 15) is 13.2 Å². The summed E-state index contributed by atoms with van der Waals surface area (Å²) in [4.78, 5) is 0. The number of rotatable bonds is 4. The molecule has 1 aromatic carbocycles. The van der Waals surface area contributed by atoms with Gasteiger partial charge in [0.1, 0.15) is 15.9 Å². The Balaban J connectivity index is 1.85. The van der Waals surface area contributed by atoms with Crippen LogP contribution >= 0.6 is 23.2 Å². The third-order valence-electron chi connectivity index (χ3n) is 4.46. The molecule has 124 valence electrons. The molecule has 1 aromatic rings. The monoisotopic (exact) mass is 362 g/mol. The normalized spacial score (nSPS) is 28.7. The molecule has 1 fully saturated rings. The lowest BCUT2D eigenvalue weighted by molar-refractivity contribution is 0.151. The predicted octanol–water partition coefficient (Wildman–Crippen LogP) is 5.76. The van der Waals surface area contributed by atoms with Crippen molar-refractivity contribution in [2.24, 2.45) is 11.8 Å². The van der Waals surface area contributed by atoms with Crippen LogP contribution in [-0.4, -0.2) is 11.4 Å². The van der Waals surface area contributed by atoms with Gasteiger partial charge in [-0.1, -0.05) is 6.08 Å². The molecule has 3 unspecified atom stereocenters. The second-order valence-electron chi connectivity index (χ2n) is 5.87. The average Bonchev–Trinajstić information content (AvgIpc) is 3.09. The summed E-state index contributed by atoms with van der Waals surface area (Å²) >= 11 is 12.7. The minimum atomic E-state index is -2.73. The molecule has 6 heteroatoms. The molecule has 0 N–H and O–H groups in total. The summed E-state index contributed by atoms with van der Waals surface area (Å²) in [5, 5.41) is 0. The third kappa shape index (κ3) is 3.11. The zero-order chi connectivity index (χ0) is 16.8. The van der Waals surface area contributed by atoms with Crippen LogP contribution in [0.5, 0.6) is 0 Å². The molecule has 2 aliphatic carbocycles. The van der Waals surface area contributed by atoms with Crippen molar-refractivity contribution in [3.8, 4) is 0 Å². The quantitative estimate of drug-likeness (QED) is 0.619. The summed E-state index contributed by atoms with van der Waals surface area (Å²) < 4.78 is 43.4. The number of methoxy groups -OCH3 is 1. The van der Waals surface area contributed by atoms with Crippen LogP contribution in [0.1, 0.15) is 29.9 Å². The first kappa shape index (κ1) is 16.7. The van der Waals surface area contributed by atoms with Crippen molar-refractivity contribution in [3.05, 3.63) is 59.1 Å². The van der Waals surface area contributed by atoms with Gasteiger partial charge < -0.3 is 4.74 Å². The van der Waals surface area contributed by atoms with Gasteiger partial charge in [0.25, 0.3) is 6.43 Å². The Hall–Kier alpha value is -1.13. The Labute approximate surface area is 142 Å². The number of hydrogen-bond donors (Lipinski definition) is 0.